The molecule has 1 aromatic heterocycles. The van der Waals surface area contributed by atoms with Crippen molar-refractivity contribution in [3.63, 3.8) is 0 Å². The molecule has 0 aliphatic carbocycles. The van der Waals surface area contributed by atoms with Gasteiger partial charge in [0, 0.05) is 29.7 Å². The zero-order chi connectivity index (χ0) is 13.3. The molecule has 2 rings (SSSR count). The van der Waals surface area contributed by atoms with Crippen LogP contribution in [0.15, 0.2) is 24.3 Å². The van der Waals surface area contributed by atoms with Crippen molar-refractivity contribution in [2.45, 2.75) is 46.3 Å². The smallest absolute Gasteiger partial charge is 0.147 e. The average molecular weight is 248 g/mol. The van der Waals surface area contributed by atoms with Gasteiger partial charge in [0.05, 0.1) is 5.52 Å². The SMILES string of the molecule is CC(C)NCc1cc2cccc(F)c2n1C(C)C. The summed E-state index contributed by atoms with van der Waals surface area (Å²) in [5.41, 5.74) is 1.85. The molecule has 0 atom stereocenters. The molecule has 1 aromatic carbocycles. The van der Waals surface area contributed by atoms with Crippen molar-refractivity contribution in [1.82, 2.24) is 9.88 Å². The van der Waals surface area contributed by atoms with Crippen LogP contribution in [0.5, 0.6) is 0 Å². The van der Waals surface area contributed by atoms with E-state index in [1.165, 1.54) is 6.07 Å². The van der Waals surface area contributed by atoms with Crippen LogP contribution in [0.1, 0.15) is 39.4 Å². The summed E-state index contributed by atoms with van der Waals surface area (Å²) in [5.74, 6) is -0.142. The normalized spacial score (nSPS) is 11.9. The van der Waals surface area contributed by atoms with E-state index in [1.807, 2.05) is 6.07 Å². The number of nitrogens with one attached hydrogen (secondary N) is 1. The van der Waals surface area contributed by atoms with Crippen molar-refractivity contribution < 1.29 is 4.39 Å². The molecule has 0 fully saturated rings. The lowest BCUT2D eigenvalue weighted by Crippen LogP contribution is -2.23. The molecule has 0 radical (unpaired) electrons. The molecule has 1 N–H and O–H groups in total. The van der Waals surface area contributed by atoms with Crippen molar-refractivity contribution in [3.05, 3.63) is 35.8 Å². The molecule has 2 aromatic rings. The maximum absolute atomic E-state index is 14.0. The lowest BCUT2D eigenvalue weighted by atomic mass is 10.2. The molecule has 18 heavy (non-hydrogen) atoms. The van der Waals surface area contributed by atoms with Crippen molar-refractivity contribution >= 4 is 10.9 Å². The molecule has 1 heterocycles. The van der Waals surface area contributed by atoms with Crippen LogP contribution in [0, 0.1) is 5.82 Å². The number of halogens is 1. The Balaban J connectivity index is 2.52. The number of hydrogen-bond acceptors (Lipinski definition) is 1. The van der Waals surface area contributed by atoms with E-state index in [2.05, 4.69) is 43.6 Å². The summed E-state index contributed by atoms with van der Waals surface area (Å²) >= 11 is 0. The van der Waals surface area contributed by atoms with Crippen molar-refractivity contribution in [2.75, 3.05) is 0 Å². The molecule has 0 aliphatic rings. The average Bonchev–Trinajstić information content (AvgIpc) is 2.66. The Bertz CT molecular complexity index is 541. The summed E-state index contributed by atoms with van der Waals surface area (Å²) in [6.45, 7) is 9.17. The second-order valence-electron chi connectivity index (χ2n) is 5.31. The maximum atomic E-state index is 14.0. The van der Waals surface area contributed by atoms with Crippen LogP contribution in [0.3, 0.4) is 0 Å². The van der Waals surface area contributed by atoms with Crippen molar-refractivity contribution in [2.24, 2.45) is 0 Å². The van der Waals surface area contributed by atoms with E-state index in [0.717, 1.165) is 17.6 Å². The van der Waals surface area contributed by atoms with Crippen molar-refractivity contribution in [1.29, 1.82) is 0 Å². The largest absolute Gasteiger partial charge is 0.338 e. The van der Waals surface area contributed by atoms with Crippen LogP contribution in [0.2, 0.25) is 0 Å². The van der Waals surface area contributed by atoms with E-state index < -0.39 is 0 Å². The second kappa shape index (κ2) is 5.11. The fraction of sp³-hybridized carbons (Fsp3) is 0.467. The van der Waals surface area contributed by atoms with Gasteiger partial charge in [0.1, 0.15) is 5.82 Å². The highest BCUT2D eigenvalue weighted by Crippen LogP contribution is 2.26. The molecule has 0 aliphatic heterocycles. The highest BCUT2D eigenvalue weighted by molar-refractivity contribution is 5.82. The summed E-state index contributed by atoms with van der Waals surface area (Å²) in [6, 6.07) is 8.02. The predicted octanol–water partition coefficient (Wildman–Crippen LogP) is 3.86. The summed E-state index contributed by atoms with van der Waals surface area (Å²) in [7, 11) is 0. The molecule has 0 spiro atoms. The molecular formula is C15H21FN2. The van der Waals surface area contributed by atoms with Gasteiger partial charge in [-0.05, 0) is 26.0 Å². The molecule has 98 valence electrons. The predicted molar refractivity (Wildman–Crippen MR) is 74.3 cm³/mol. The Hall–Kier alpha value is -1.35. The molecule has 0 saturated heterocycles. The lowest BCUT2D eigenvalue weighted by molar-refractivity contribution is 0.527. The van der Waals surface area contributed by atoms with Crippen LogP contribution in [-0.2, 0) is 6.54 Å². The van der Waals surface area contributed by atoms with Crippen LogP contribution in [0.25, 0.3) is 10.9 Å². The minimum Gasteiger partial charge on any atom is -0.338 e. The first-order valence-electron chi connectivity index (χ1n) is 6.52. The molecular weight excluding hydrogens is 227 g/mol. The topological polar surface area (TPSA) is 17.0 Å². The summed E-state index contributed by atoms with van der Waals surface area (Å²) in [4.78, 5) is 0. The molecule has 0 unspecified atom stereocenters. The molecule has 0 amide bonds. The van der Waals surface area contributed by atoms with Gasteiger partial charge in [0.2, 0.25) is 0 Å². The zero-order valence-corrected chi connectivity index (χ0v) is 11.5. The first-order chi connectivity index (χ1) is 8.50. The fourth-order valence-electron chi connectivity index (χ4n) is 2.33. The van der Waals surface area contributed by atoms with Gasteiger partial charge in [-0.3, -0.25) is 0 Å². The minimum absolute atomic E-state index is 0.142. The molecule has 2 nitrogen and oxygen atoms in total. The summed E-state index contributed by atoms with van der Waals surface area (Å²) in [6.07, 6.45) is 0. The van der Waals surface area contributed by atoms with Crippen LogP contribution in [-0.4, -0.2) is 10.6 Å². The lowest BCUT2D eigenvalue weighted by Gasteiger charge is -2.16. The van der Waals surface area contributed by atoms with Gasteiger partial charge in [0.25, 0.3) is 0 Å². The first-order valence-corrected chi connectivity index (χ1v) is 6.52. The van der Waals surface area contributed by atoms with Gasteiger partial charge in [0.15, 0.2) is 0 Å². The highest BCUT2D eigenvalue weighted by Gasteiger charge is 2.14. The van der Waals surface area contributed by atoms with E-state index in [4.69, 9.17) is 0 Å². The Morgan fingerprint density at radius 2 is 1.94 bits per heavy atom. The number of nitrogens with zero attached hydrogens (tertiary/aromatic N) is 1. The van der Waals surface area contributed by atoms with Gasteiger partial charge >= 0.3 is 0 Å². The maximum Gasteiger partial charge on any atom is 0.147 e. The van der Waals surface area contributed by atoms with Gasteiger partial charge in [-0.1, -0.05) is 26.0 Å². The third kappa shape index (κ3) is 2.41. The second-order valence-corrected chi connectivity index (χ2v) is 5.31. The standard InChI is InChI=1S/C15H21FN2/c1-10(2)17-9-13-8-12-6-5-7-14(16)15(12)18(13)11(3)4/h5-8,10-11,17H,9H2,1-4H3. The molecule has 0 saturated carbocycles. The van der Waals surface area contributed by atoms with Crippen LogP contribution < -0.4 is 5.32 Å². The number of hydrogen-bond donors (Lipinski definition) is 1. The zero-order valence-electron chi connectivity index (χ0n) is 11.5. The minimum atomic E-state index is -0.142. The van der Waals surface area contributed by atoms with E-state index in [0.29, 0.717) is 11.6 Å². The molecule has 0 bridgehead atoms. The Morgan fingerprint density at radius 1 is 1.22 bits per heavy atom. The van der Waals surface area contributed by atoms with Gasteiger partial charge in [-0.15, -0.1) is 0 Å². The quantitative estimate of drug-likeness (QED) is 0.869. The third-order valence-electron chi connectivity index (χ3n) is 3.10. The Morgan fingerprint density at radius 3 is 2.56 bits per heavy atom. The van der Waals surface area contributed by atoms with Gasteiger partial charge < -0.3 is 9.88 Å². The number of fused-ring (bicyclic) bond motifs is 1. The van der Waals surface area contributed by atoms with Crippen LogP contribution in [0.4, 0.5) is 4.39 Å². The number of rotatable bonds is 4. The first kappa shape index (κ1) is 13.1. The number of para-hydroxylation sites is 1. The Kier molecular flexibility index (Phi) is 3.71. The fourth-order valence-corrected chi connectivity index (χ4v) is 2.33. The van der Waals surface area contributed by atoms with E-state index in [-0.39, 0.29) is 11.9 Å². The number of benzene rings is 1. The van der Waals surface area contributed by atoms with Crippen molar-refractivity contribution in [3.8, 4) is 0 Å². The summed E-state index contributed by atoms with van der Waals surface area (Å²) in [5, 5.41) is 4.37. The highest BCUT2D eigenvalue weighted by atomic mass is 19.1. The monoisotopic (exact) mass is 248 g/mol. The van der Waals surface area contributed by atoms with E-state index in [9.17, 15) is 4.39 Å². The van der Waals surface area contributed by atoms with E-state index in [1.54, 1.807) is 6.07 Å². The molecule has 3 heteroatoms. The van der Waals surface area contributed by atoms with Gasteiger partial charge in [-0.25, -0.2) is 4.39 Å². The van der Waals surface area contributed by atoms with Crippen LogP contribution >= 0.6 is 0 Å². The van der Waals surface area contributed by atoms with Gasteiger partial charge in [-0.2, -0.15) is 0 Å². The Labute approximate surface area is 108 Å². The summed E-state index contributed by atoms with van der Waals surface area (Å²) < 4.78 is 16.1. The third-order valence-corrected chi connectivity index (χ3v) is 3.10. The van der Waals surface area contributed by atoms with E-state index >= 15 is 0 Å². The number of aromatic nitrogens is 1.